The van der Waals surface area contributed by atoms with Crippen LogP contribution in [0, 0.1) is 0 Å². The third kappa shape index (κ3) is 2.91. The lowest BCUT2D eigenvalue weighted by Crippen LogP contribution is -2.36. The first-order valence-electron chi connectivity index (χ1n) is 6.38. The SMILES string of the molecule is O=C(NC1CCS(=O)(=O)C1)c1ccc(C2CC2)nn1. The van der Waals surface area contributed by atoms with Crippen molar-refractivity contribution in [3.8, 4) is 0 Å². The van der Waals surface area contributed by atoms with E-state index in [2.05, 4.69) is 15.5 Å². The van der Waals surface area contributed by atoms with E-state index in [4.69, 9.17) is 0 Å². The molecule has 7 heteroatoms. The average Bonchev–Trinajstić information content (AvgIpc) is 3.15. The Morgan fingerprint density at radius 1 is 1.21 bits per heavy atom. The van der Waals surface area contributed by atoms with Gasteiger partial charge in [0, 0.05) is 12.0 Å². The molecule has 2 fully saturated rings. The van der Waals surface area contributed by atoms with E-state index in [-0.39, 0.29) is 29.1 Å². The highest BCUT2D eigenvalue weighted by atomic mass is 32.2. The summed E-state index contributed by atoms with van der Waals surface area (Å²) in [6, 6.07) is 3.17. The highest BCUT2D eigenvalue weighted by molar-refractivity contribution is 7.91. The van der Waals surface area contributed by atoms with Gasteiger partial charge in [-0.3, -0.25) is 4.79 Å². The molecule has 0 bridgehead atoms. The zero-order valence-electron chi connectivity index (χ0n) is 10.4. The highest BCUT2D eigenvalue weighted by Crippen LogP contribution is 2.38. The molecular weight excluding hydrogens is 266 g/mol. The van der Waals surface area contributed by atoms with Crippen LogP contribution in [0.15, 0.2) is 12.1 Å². The summed E-state index contributed by atoms with van der Waals surface area (Å²) in [6.07, 6.45) is 2.75. The third-order valence-electron chi connectivity index (χ3n) is 3.48. The smallest absolute Gasteiger partial charge is 0.272 e. The van der Waals surface area contributed by atoms with Gasteiger partial charge in [-0.25, -0.2) is 8.42 Å². The second-order valence-corrected chi connectivity index (χ2v) is 7.42. The molecule has 0 aromatic carbocycles. The minimum Gasteiger partial charge on any atom is -0.347 e. The zero-order chi connectivity index (χ0) is 13.5. The number of carbonyl (C=O) groups excluding carboxylic acids is 1. The van der Waals surface area contributed by atoms with Crippen LogP contribution in [-0.4, -0.2) is 42.1 Å². The number of nitrogens with zero attached hydrogens (tertiary/aromatic N) is 2. The number of nitrogens with one attached hydrogen (secondary N) is 1. The molecule has 1 saturated carbocycles. The fourth-order valence-electron chi connectivity index (χ4n) is 2.23. The van der Waals surface area contributed by atoms with Crippen molar-refractivity contribution in [2.75, 3.05) is 11.5 Å². The first kappa shape index (κ1) is 12.5. The number of carbonyl (C=O) groups is 1. The zero-order valence-corrected chi connectivity index (χ0v) is 11.2. The van der Waals surface area contributed by atoms with Crippen molar-refractivity contribution in [2.24, 2.45) is 0 Å². The maximum absolute atomic E-state index is 11.9. The summed E-state index contributed by atoms with van der Waals surface area (Å²) in [6.45, 7) is 0. The molecule has 1 aliphatic heterocycles. The topological polar surface area (TPSA) is 89.0 Å². The van der Waals surface area contributed by atoms with Crippen molar-refractivity contribution in [1.29, 1.82) is 0 Å². The number of amides is 1. The molecule has 1 aliphatic carbocycles. The van der Waals surface area contributed by atoms with Gasteiger partial charge in [-0.2, -0.15) is 5.10 Å². The molecule has 1 aromatic rings. The van der Waals surface area contributed by atoms with E-state index in [9.17, 15) is 13.2 Å². The van der Waals surface area contributed by atoms with Gasteiger partial charge in [0.1, 0.15) is 0 Å². The molecule has 6 nitrogen and oxygen atoms in total. The Morgan fingerprint density at radius 2 is 2.00 bits per heavy atom. The van der Waals surface area contributed by atoms with E-state index in [1.807, 2.05) is 6.07 Å². The van der Waals surface area contributed by atoms with Gasteiger partial charge in [0.15, 0.2) is 15.5 Å². The number of aromatic nitrogens is 2. The first-order chi connectivity index (χ1) is 9.03. The van der Waals surface area contributed by atoms with Crippen LogP contribution >= 0.6 is 0 Å². The summed E-state index contributed by atoms with van der Waals surface area (Å²) >= 11 is 0. The quantitative estimate of drug-likeness (QED) is 0.859. The molecule has 102 valence electrons. The second-order valence-electron chi connectivity index (χ2n) is 5.19. The lowest BCUT2D eigenvalue weighted by Gasteiger charge is -2.09. The van der Waals surface area contributed by atoms with E-state index in [1.165, 1.54) is 0 Å². The molecule has 1 saturated heterocycles. The van der Waals surface area contributed by atoms with Gasteiger partial charge in [-0.15, -0.1) is 5.10 Å². The van der Waals surface area contributed by atoms with Crippen molar-refractivity contribution in [1.82, 2.24) is 15.5 Å². The molecule has 3 rings (SSSR count). The van der Waals surface area contributed by atoms with Gasteiger partial charge in [0.25, 0.3) is 5.91 Å². The summed E-state index contributed by atoms with van der Waals surface area (Å²) in [5.74, 6) is 0.317. The molecule has 1 aromatic heterocycles. The summed E-state index contributed by atoms with van der Waals surface area (Å²) < 4.78 is 22.6. The minimum absolute atomic E-state index is 0.0202. The Labute approximate surface area is 111 Å². The Bertz CT molecular complexity index is 593. The fraction of sp³-hybridized carbons (Fsp3) is 0.583. The molecular formula is C12H15N3O3S. The maximum atomic E-state index is 11.9. The minimum atomic E-state index is -2.98. The lowest BCUT2D eigenvalue weighted by atomic mass is 10.2. The average molecular weight is 281 g/mol. The molecule has 0 radical (unpaired) electrons. The largest absolute Gasteiger partial charge is 0.347 e. The predicted molar refractivity (Wildman–Crippen MR) is 68.5 cm³/mol. The second kappa shape index (κ2) is 4.56. The van der Waals surface area contributed by atoms with Crippen LogP contribution in [0.4, 0.5) is 0 Å². The lowest BCUT2D eigenvalue weighted by molar-refractivity contribution is 0.0935. The number of hydrogen-bond donors (Lipinski definition) is 1. The molecule has 1 N–H and O–H groups in total. The number of hydrogen-bond acceptors (Lipinski definition) is 5. The van der Waals surface area contributed by atoms with Crippen LogP contribution in [0.5, 0.6) is 0 Å². The van der Waals surface area contributed by atoms with E-state index in [0.29, 0.717) is 12.3 Å². The standard InChI is InChI=1S/C12H15N3O3S/c16-12(13-9-5-6-19(17,18)7-9)11-4-3-10(14-15-11)8-1-2-8/h3-4,8-9H,1-2,5-7H2,(H,13,16). The summed E-state index contributed by atoms with van der Waals surface area (Å²) in [4.78, 5) is 11.9. The van der Waals surface area contributed by atoms with Gasteiger partial charge < -0.3 is 5.32 Å². The molecule has 1 atom stereocenters. The van der Waals surface area contributed by atoms with Crippen LogP contribution < -0.4 is 5.32 Å². The summed E-state index contributed by atoms with van der Waals surface area (Å²) in [5.41, 5.74) is 1.17. The van der Waals surface area contributed by atoms with Crippen molar-refractivity contribution in [3.05, 3.63) is 23.5 Å². The fourth-order valence-corrected chi connectivity index (χ4v) is 3.90. The molecule has 1 unspecified atom stereocenters. The molecule has 0 spiro atoms. The van der Waals surface area contributed by atoms with Crippen LogP contribution in [0.1, 0.15) is 41.4 Å². The molecule has 1 amide bonds. The van der Waals surface area contributed by atoms with Gasteiger partial charge in [0.05, 0.1) is 17.2 Å². The van der Waals surface area contributed by atoms with E-state index in [1.54, 1.807) is 6.07 Å². The van der Waals surface area contributed by atoms with Crippen LogP contribution in [0.25, 0.3) is 0 Å². The van der Waals surface area contributed by atoms with Crippen molar-refractivity contribution in [2.45, 2.75) is 31.2 Å². The van der Waals surface area contributed by atoms with E-state index >= 15 is 0 Å². The third-order valence-corrected chi connectivity index (χ3v) is 5.25. The summed E-state index contributed by atoms with van der Waals surface area (Å²) in [7, 11) is -2.98. The van der Waals surface area contributed by atoms with Gasteiger partial charge >= 0.3 is 0 Å². The van der Waals surface area contributed by atoms with Gasteiger partial charge in [-0.05, 0) is 31.4 Å². The van der Waals surface area contributed by atoms with Crippen molar-refractivity contribution >= 4 is 15.7 Å². The normalized spacial score (nSPS) is 25.2. The molecule has 2 heterocycles. The van der Waals surface area contributed by atoms with Gasteiger partial charge in [0.2, 0.25) is 0 Å². The van der Waals surface area contributed by atoms with Crippen LogP contribution in [0.3, 0.4) is 0 Å². The predicted octanol–water partition coefficient (Wildman–Crippen LogP) is 0.271. The highest BCUT2D eigenvalue weighted by Gasteiger charge is 2.30. The van der Waals surface area contributed by atoms with E-state index < -0.39 is 9.84 Å². The van der Waals surface area contributed by atoms with Crippen molar-refractivity contribution < 1.29 is 13.2 Å². The summed E-state index contributed by atoms with van der Waals surface area (Å²) in [5, 5.41) is 10.6. The Morgan fingerprint density at radius 3 is 2.53 bits per heavy atom. The van der Waals surface area contributed by atoms with Gasteiger partial charge in [-0.1, -0.05) is 0 Å². The number of rotatable bonds is 3. The maximum Gasteiger partial charge on any atom is 0.272 e. The molecule has 2 aliphatic rings. The Hall–Kier alpha value is -1.50. The van der Waals surface area contributed by atoms with E-state index in [0.717, 1.165) is 18.5 Å². The van der Waals surface area contributed by atoms with Crippen LogP contribution in [0.2, 0.25) is 0 Å². The monoisotopic (exact) mass is 281 g/mol. The van der Waals surface area contributed by atoms with Crippen molar-refractivity contribution in [3.63, 3.8) is 0 Å². The molecule has 19 heavy (non-hydrogen) atoms. The Kier molecular flexibility index (Phi) is 3.00. The first-order valence-corrected chi connectivity index (χ1v) is 8.20. The Balaban J connectivity index is 1.63. The van der Waals surface area contributed by atoms with Crippen LogP contribution in [-0.2, 0) is 9.84 Å². The number of sulfone groups is 1.